The molecule has 4 nitrogen and oxygen atoms in total. The van der Waals surface area contributed by atoms with Gasteiger partial charge in [-0.3, -0.25) is 0 Å². The van der Waals surface area contributed by atoms with Crippen LogP contribution >= 0.6 is 0 Å². The van der Waals surface area contributed by atoms with Crippen molar-refractivity contribution in [3.63, 3.8) is 0 Å². The van der Waals surface area contributed by atoms with E-state index in [-0.39, 0.29) is 11.3 Å². The average Bonchev–Trinajstić information content (AvgIpc) is 2.10. The molecule has 1 N–H and O–H groups in total. The summed E-state index contributed by atoms with van der Waals surface area (Å²) in [5, 5.41) is 3.54. The van der Waals surface area contributed by atoms with E-state index in [1.165, 1.54) is 19.1 Å². The molecule has 2 unspecified atom stereocenters. The van der Waals surface area contributed by atoms with E-state index in [1.54, 1.807) is 0 Å². The third-order valence-corrected chi connectivity index (χ3v) is 4.58. The summed E-state index contributed by atoms with van der Waals surface area (Å²) in [6.45, 7) is 8.20. The molecule has 5 heteroatoms. The molecule has 1 rings (SSSR count). The summed E-state index contributed by atoms with van der Waals surface area (Å²) in [6.07, 6.45) is 3.74. The van der Waals surface area contributed by atoms with Crippen molar-refractivity contribution in [1.82, 2.24) is 10.2 Å². The molecule has 1 aliphatic rings. The Bertz CT molecular complexity index is 360. The number of nitrogens with zero attached hydrogens (tertiary/aromatic N) is 1. The predicted octanol–water partition coefficient (Wildman–Crippen LogP) is 1.13. The molecular weight excluding hydrogens is 248 g/mol. The SMILES string of the molecule is CN(CCS(C)(=O)=O)C1CCC1CNC(C)(C)C. The van der Waals surface area contributed by atoms with Gasteiger partial charge in [0.2, 0.25) is 0 Å². The molecule has 0 heterocycles. The smallest absolute Gasteiger partial charge is 0.148 e. The zero-order valence-electron chi connectivity index (χ0n) is 12.4. The van der Waals surface area contributed by atoms with Crippen molar-refractivity contribution in [3.8, 4) is 0 Å². The predicted molar refractivity (Wildman–Crippen MR) is 76.6 cm³/mol. The minimum Gasteiger partial charge on any atom is -0.312 e. The van der Waals surface area contributed by atoms with Crippen LogP contribution in [0.1, 0.15) is 33.6 Å². The van der Waals surface area contributed by atoms with Crippen molar-refractivity contribution in [2.45, 2.75) is 45.2 Å². The Morgan fingerprint density at radius 2 is 1.89 bits per heavy atom. The molecule has 0 aromatic carbocycles. The average molecular weight is 276 g/mol. The van der Waals surface area contributed by atoms with Crippen LogP contribution in [0.15, 0.2) is 0 Å². The first kappa shape index (κ1) is 15.9. The largest absolute Gasteiger partial charge is 0.312 e. The molecule has 0 aromatic heterocycles. The second-order valence-corrected chi connectivity index (χ2v) is 8.91. The number of hydrogen-bond acceptors (Lipinski definition) is 4. The Kier molecular flexibility index (Phi) is 5.21. The molecule has 1 aliphatic carbocycles. The summed E-state index contributed by atoms with van der Waals surface area (Å²) in [6, 6.07) is 0.543. The van der Waals surface area contributed by atoms with Crippen molar-refractivity contribution in [3.05, 3.63) is 0 Å². The summed E-state index contributed by atoms with van der Waals surface area (Å²) < 4.78 is 22.3. The van der Waals surface area contributed by atoms with Crippen LogP contribution in [0.3, 0.4) is 0 Å². The van der Waals surface area contributed by atoms with Gasteiger partial charge in [0.25, 0.3) is 0 Å². The van der Waals surface area contributed by atoms with Gasteiger partial charge in [0.15, 0.2) is 0 Å². The van der Waals surface area contributed by atoms with Crippen LogP contribution in [0.2, 0.25) is 0 Å². The van der Waals surface area contributed by atoms with Crippen LogP contribution < -0.4 is 5.32 Å². The van der Waals surface area contributed by atoms with E-state index in [2.05, 4.69) is 31.0 Å². The van der Waals surface area contributed by atoms with E-state index in [0.717, 1.165) is 6.54 Å². The highest BCUT2D eigenvalue weighted by molar-refractivity contribution is 7.90. The molecule has 0 amide bonds. The van der Waals surface area contributed by atoms with Crippen molar-refractivity contribution >= 4 is 9.84 Å². The molecule has 0 saturated heterocycles. The number of hydrogen-bond donors (Lipinski definition) is 1. The minimum atomic E-state index is -2.85. The maximum absolute atomic E-state index is 11.2. The molecule has 0 aromatic rings. The molecule has 1 saturated carbocycles. The molecule has 0 spiro atoms. The van der Waals surface area contributed by atoms with Crippen LogP contribution in [0, 0.1) is 5.92 Å². The Hall–Kier alpha value is -0.130. The van der Waals surface area contributed by atoms with Crippen LogP contribution in [-0.4, -0.2) is 57.0 Å². The fourth-order valence-corrected chi connectivity index (χ4v) is 2.90. The highest BCUT2D eigenvalue weighted by atomic mass is 32.2. The first-order valence-electron chi connectivity index (χ1n) is 6.71. The number of rotatable bonds is 6. The van der Waals surface area contributed by atoms with Crippen LogP contribution in [0.4, 0.5) is 0 Å². The lowest BCUT2D eigenvalue weighted by molar-refractivity contribution is 0.0842. The van der Waals surface area contributed by atoms with E-state index in [1.807, 2.05) is 7.05 Å². The van der Waals surface area contributed by atoms with E-state index < -0.39 is 9.84 Å². The molecule has 0 radical (unpaired) electrons. The van der Waals surface area contributed by atoms with E-state index in [0.29, 0.717) is 18.5 Å². The zero-order chi connectivity index (χ0) is 14.0. The van der Waals surface area contributed by atoms with Gasteiger partial charge < -0.3 is 10.2 Å². The number of sulfone groups is 1. The molecule has 18 heavy (non-hydrogen) atoms. The van der Waals surface area contributed by atoms with Gasteiger partial charge in [-0.2, -0.15) is 0 Å². The second kappa shape index (κ2) is 5.88. The van der Waals surface area contributed by atoms with Gasteiger partial charge in [0.05, 0.1) is 5.75 Å². The van der Waals surface area contributed by atoms with Gasteiger partial charge in [-0.1, -0.05) is 0 Å². The third-order valence-electron chi connectivity index (χ3n) is 3.65. The van der Waals surface area contributed by atoms with Crippen molar-refractivity contribution < 1.29 is 8.42 Å². The van der Waals surface area contributed by atoms with Gasteiger partial charge in [-0.05, 0) is 53.1 Å². The minimum absolute atomic E-state index is 0.158. The standard InChI is InChI=1S/C13H28N2O2S/c1-13(2,3)14-10-11-6-7-12(11)15(4)8-9-18(5,16)17/h11-12,14H,6-10H2,1-5H3. The Morgan fingerprint density at radius 1 is 1.28 bits per heavy atom. The van der Waals surface area contributed by atoms with Gasteiger partial charge in [0.1, 0.15) is 9.84 Å². The Morgan fingerprint density at radius 3 is 2.28 bits per heavy atom. The van der Waals surface area contributed by atoms with Crippen LogP contribution in [-0.2, 0) is 9.84 Å². The van der Waals surface area contributed by atoms with E-state index in [9.17, 15) is 8.42 Å². The molecule has 0 bridgehead atoms. The fourth-order valence-electron chi connectivity index (χ4n) is 2.28. The van der Waals surface area contributed by atoms with Crippen molar-refractivity contribution in [2.24, 2.45) is 5.92 Å². The van der Waals surface area contributed by atoms with Crippen LogP contribution in [0.25, 0.3) is 0 Å². The van der Waals surface area contributed by atoms with Gasteiger partial charge >= 0.3 is 0 Å². The monoisotopic (exact) mass is 276 g/mol. The molecule has 108 valence electrons. The van der Waals surface area contributed by atoms with Gasteiger partial charge in [-0.25, -0.2) is 8.42 Å². The molecule has 2 atom stereocenters. The zero-order valence-corrected chi connectivity index (χ0v) is 13.2. The fraction of sp³-hybridized carbons (Fsp3) is 1.00. The van der Waals surface area contributed by atoms with E-state index in [4.69, 9.17) is 0 Å². The first-order valence-corrected chi connectivity index (χ1v) is 8.77. The Balaban J connectivity index is 2.34. The maximum Gasteiger partial charge on any atom is 0.148 e. The van der Waals surface area contributed by atoms with Crippen molar-refractivity contribution in [2.75, 3.05) is 32.1 Å². The lowest BCUT2D eigenvalue weighted by atomic mass is 9.78. The summed E-state index contributed by atoms with van der Waals surface area (Å²) in [5.41, 5.74) is 0.158. The highest BCUT2D eigenvalue weighted by Gasteiger charge is 2.34. The maximum atomic E-state index is 11.2. The number of nitrogens with one attached hydrogen (secondary N) is 1. The summed E-state index contributed by atoms with van der Waals surface area (Å²) >= 11 is 0. The lowest BCUT2D eigenvalue weighted by Crippen LogP contribution is -2.52. The molecule has 1 fully saturated rings. The third kappa shape index (κ3) is 5.67. The summed E-state index contributed by atoms with van der Waals surface area (Å²) in [5.74, 6) is 0.924. The highest BCUT2D eigenvalue weighted by Crippen LogP contribution is 2.31. The Labute approximate surface area is 112 Å². The summed E-state index contributed by atoms with van der Waals surface area (Å²) in [4.78, 5) is 2.21. The molecular formula is C13H28N2O2S. The van der Waals surface area contributed by atoms with Crippen molar-refractivity contribution in [1.29, 1.82) is 0 Å². The lowest BCUT2D eigenvalue weighted by Gasteiger charge is -2.44. The van der Waals surface area contributed by atoms with Crippen LogP contribution in [0.5, 0.6) is 0 Å². The first-order chi connectivity index (χ1) is 8.08. The van der Waals surface area contributed by atoms with E-state index >= 15 is 0 Å². The molecule has 0 aliphatic heterocycles. The normalized spacial score (nSPS) is 25.2. The van der Waals surface area contributed by atoms with Gasteiger partial charge in [0, 0.05) is 24.4 Å². The summed E-state index contributed by atoms with van der Waals surface area (Å²) in [7, 11) is -0.806. The topological polar surface area (TPSA) is 49.4 Å². The quantitative estimate of drug-likeness (QED) is 0.790. The van der Waals surface area contributed by atoms with Gasteiger partial charge in [-0.15, -0.1) is 0 Å². The second-order valence-electron chi connectivity index (χ2n) is 6.65.